The van der Waals surface area contributed by atoms with Gasteiger partial charge >= 0.3 is 6.09 Å². The van der Waals surface area contributed by atoms with Gasteiger partial charge in [-0.15, -0.1) is 0 Å². The summed E-state index contributed by atoms with van der Waals surface area (Å²) in [5.74, 6) is -0.236. The van der Waals surface area contributed by atoms with Crippen molar-refractivity contribution in [1.29, 1.82) is 0 Å². The van der Waals surface area contributed by atoms with Gasteiger partial charge in [0, 0.05) is 11.8 Å². The molecule has 112 valence electrons. The van der Waals surface area contributed by atoms with E-state index >= 15 is 0 Å². The minimum absolute atomic E-state index is 0.0724. The van der Waals surface area contributed by atoms with Gasteiger partial charge < -0.3 is 9.84 Å². The molecular weight excluding hydrogens is 266 g/mol. The van der Waals surface area contributed by atoms with E-state index in [0.29, 0.717) is 0 Å². The first-order chi connectivity index (χ1) is 9.98. The van der Waals surface area contributed by atoms with Gasteiger partial charge in [-0.3, -0.25) is 4.90 Å². The monoisotopic (exact) mass is 287 g/mol. The number of hydrogen-bond acceptors (Lipinski definition) is 3. The van der Waals surface area contributed by atoms with E-state index in [4.69, 9.17) is 4.74 Å². The number of rotatable bonds is 1. The van der Waals surface area contributed by atoms with E-state index in [-0.39, 0.29) is 30.0 Å². The molecule has 1 aromatic rings. The third-order valence-electron chi connectivity index (χ3n) is 5.10. The lowest BCUT2D eigenvalue weighted by Crippen LogP contribution is -2.62. The molecule has 21 heavy (non-hydrogen) atoms. The molecular formula is C17H21NO3. The van der Waals surface area contributed by atoms with E-state index in [1.807, 2.05) is 56.3 Å². The van der Waals surface area contributed by atoms with Crippen LogP contribution in [0.4, 0.5) is 4.79 Å². The van der Waals surface area contributed by atoms with Crippen molar-refractivity contribution in [1.82, 2.24) is 4.90 Å². The lowest BCUT2D eigenvalue weighted by molar-refractivity contribution is -0.0898. The van der Waals surface area contributed by atoms with Gasteiger partial charge in [-0.25, -0.2) is 4.79 Å². The third-order valence-corrected chi connectivity index (χ3v) is 5.10. The van der Waals surface area contributed by atoms with Gasteiger partial charge in [0.2, 0.25) is 0 Å². The molecule has 0 spiro atoms. The molecule has 1 fully saturated rings. The Morgan fingerprint density at radius 2 is 1.86 bits per heavy atom. The molecule has 1 saturated heterocycles. The van der Waals surface area contributed by atoms with E-state index in [1.54, 1.807) is 4.90 Å². The number of aliphatic hydroxyl groups is 1. The van der Waals surface area contributed by atoms with Crippen LogP contribution in [0.2, 0.25) is 0 Å². The predicted octanol–water partition coefficient (Wildman–Crippen LogP) is 2.55. The highest BCUT2D eigenvalue weighted by molar-refractivity contribution is 5.71. The third kappa shape index (κ3) is 1.97. The van der Waals surface area contributed by atoms with Crippen LogP contribution in [0.25, 0.3) is 0 Å². The van der Waals surface area contributed by atoms with Crippen LogP contribution in [0.3, 0.4) is 0 Å². The number of amides is 1. The van der Waals surface area contributed by atoms with E-state index in [2.05, 4.69) is 0 Å². The van der Waals surface area contributed by atoms with Crippen molar-refractivity contribution in [3.8, 4) is 0 Å². The van der Waals surface area contributed by atoms with Gasteiger partial charge in [0.25, 0.3) is 0 Å². The Hall–Kier alpha value is -1.81. The summed E-state index contributed by atoms with van der Waals surface area (Å²) in [5, 5.41) is 11.1. The highest BCUT2D eigenvalue weighted by Gasteiger charge is 2.56. The van der Waals surface area contributed by atoms with Crippen LogP contribution in [-0.2, 0) is 4.74 Å². The number of benzene rings is 1. The number of carbonyl (C=O) groups is 1. The highest BCUT2D eigenvalue weighted by Crippen LogP contribution is 2.49. The summed E-state index contributed by atoms with van der Waals surface area (Å²) in [5.41, 5.74) is 0.156. The first-order valence-corrected chi connectivity index (χ1v) is 7.30. The van der Waals surface area contributed by atoms with E-state index < -0.39 is 5.60 Å². The second-order valence-corrected chi connectivity index (χ2v) is 6.15. The molecule has 2 aliphatic heterocycles. The van der Waals surface area contributed by atoms with Crippen LogP contribution in [0.15, 0.2) is 42.5 Å². The van der Waals surface area contributed by atoms with Crippen LogP contribution in [-0.4, -0.2) is 40.9 Å². The Morgan fingerprint density at radius 1 is 1.24 bits per heavy atom. The molecule has 4 heteroatoms. The molecule has 0 aliphatic carbocycles. The SMILES string of the molecule is COC(=O)N1C2C=CC1C(c1ccccc1)C(C)(O)C2C. The zero-order valence-corrected chi connectivity index (χ0v) is 12.6. The fourth-order valence-electron chi connectivity index (χ4n) is 3.81. The fraction of sp³-hybridized carbons (Fsp3) is 0.471. The highest BCUT2D eigenvalue weighted by atomic mass is 16.5. The molecule has 2 bridgehead atoms. The van der Waals surface area contributed by atoms with Crippen molar-refractivity contribution >= 4 is 6.09 Å². The lowest BCUT2D eigenvalue weighted by atomic mass is 9.68. The van der Waals surface area contributed by atoms with E-state index in [9.17, 15) is 9.90 Å². The Kier molecular flexibility index (Phi) is 3.29. The normalized spacial score (nSPS) is 37.6. The van der Waals surface area contributed by atoms with Crippen LogP contribution >= 0.6 is 0 Å². The van der Waals surface area contributed by atoms with Crippen LogP contribution in [0.5, 0.6) is 0 Å². The standard InChI is InChI=1S/C17H21NO3/c1-11-13-9-10-14(18(13)16(19)21-3)15(17(11,2)20)12-7-5-4-6-8-12/h4-11,13-15,20H,1-3H3. The van der Waals surface area contributed by atoms with Crippen LogP contribution < -0.4 is 0 Å². The summed E-state index contributed by atoms with van der Waals surface area (Å²) in [6.07, 6.45) is 3.71. The molecule has 2 heterocycles. The van der Waals surface area contributed by atoms with Crippen LogP contribution in [0.1, 0.15) is 25.3 Å². The fourth-order valence-corrected chi connectivity index (χ4v) is 3.81. The minimum atomic E-state index is -0.884. The topological polar surface area (TPSA) is 49.8 Å². The summed E-state index contributed by atoms with van der Waals surface area (Å²) in [6, 6.07) is 9.61. The smallest absolute Gasteiger partial charge is 0.410 e. The van der Waals surface area contributed by atoms with Gasteiger partial charge in [-0.2, -0.15) is 0 Å². The summed E-state index contributed by atoms with van der Waals surface area (Å²) in [6.45, 7) is 3.86. The molecule has 1 amide bonds. The minimum Gasteiger partial charge on any atom is -0.453 e. The Morgan fingerprint density at radius 3 is 2.48 bits per heavy atom. The maximum absolute atomic E-state index is 12.1. The Balaban J connectivity index is 2.08. The van der Waals surface area contributed by atoms with Gasteiger partial charge in [0.1, 0.15) is 0 Å². The first kappa shape index (κ1) is 14.1. The molecule has 2 aliphatic rings. The van der Waals surface area contributed by atoms with Gasteiger partial charge in [0.15, 0.2) is 0 Å². The Bertz CT molecular complexity index is 567. The number of piperidine rings is 1. The van der Waals surface area contributed by atoms with Crippen molar-refractivity contribution in [2.75, 3.05) is 7.11 Å². The molecule has 0 saturated carbocycles. The summed E-state index contributed by atoms with van der Waals surface area (Å²) >= 11 is 0. The predicted molar refractivity (Wildman–Crippen MR) is 79.9 cm³/mol. The van der Waals surface area contributed by atoms with E-state index in [0.717, 1.165) is 5.56 Å². The number of fused-ring (bicyclic) bond motifs is 2. The lowest BCUT2D eigenvalue weighted by Gasteiger charge is -2.51. The maximum atomic E-state index is 12.1. The first-order valence-electron chi connectivity index (χ1n) is 7.30. The Labute approximate surface area is 125 Å². The zero-order chi connectivity index (χ0) is 15.2. The van der Waals surface area contributed by atoms with Crippen molar-refractivity contribution in [2.24, 2.45) is 5.92 Å². The molecule has 3 rings (SSSR count). The maximum Gasteiger partial charge on any atom is 0.410 e. The van der Waals surface area contributed by atoms with E-state index in [1.165, 1.54) is 7.11 Å². The molecule has 1 aromatic carbocycles. The second kappa shape index (κ2) is 4.88. The van der Waals surface area contributed by atoms with Gasteiger partial charge in [0.05, 0.1) is 24.8 Å². The average molecular weight is 287 g/mol. The molecule has 0 aromatic heterocycles. The second-order valence-electron chi connectivity index (χ2n) is 6.15. The molecule has 5 atom stereocenters. The molecule has 1 N–H and O–H groups in total. The average Bonchev–Trinajstić information content (AvgIpc) is 2.86. The number of carbonyl (C=O) groups excluding carboxylic acids is 1. The summed E-state index contributed by atoms with van der Waals surface area (Å²) < 4.78 is 4.94. The van der Waals surface area contributed by atoms with Crippen molar-refractivity contribution in [3.05, 3.63) is 48.0 Å². The van der Waals surface area contributed by atoms with Crippen molar-refractivity contribution in [2.45, 2.75) is 37.5 Å². The molecule has 5 unspecified atom stereocenters. The summed E-state index contributed by atoms with van der Waals surface area (Å²) in [4.78, 5) is 13.9. The number of methoxy groups -OCH3 is 1. The number of ether oxygens (including phenoxy) is 1. The zero-order valence-electron chi connectivity index (χ0n) is 12.6. The summed E-state index contributed by atoms with van der Waals surface area (Å²) in [7, 11) is 1.40. The molecule has 4 nitrogen and oxygen atoms in total. The quantitative estimate of drug-likeness (QED) is 0.808. The van der Waals surface area contributed by atoms with Crippen molar-refractivity contribution < 1.29 is 14.6 Å². The number of nitrogens with zero attached hydrogens (tertiary/aromatic N) is 1. The van der Waals surface area contributed by atoms with Gasteiger partial charge in [-0.1, -0.05) is 49.4 Å². The van der Waals surface area contributed by atoms with Crippen molar-refractivity contribution in [3.63, 3.8) is 0 Å². The molecule has 0 radical (unpaired) electrons. The van der Waals surface area contributed by atoms with Crippen LogP contribution in [0, 0.1) is 5.92 Å². The number of hydrogen-bond donors (Lipinski definition) is 1. The van der Waals surface area contributed by atoms with Gasteiger partial charge in [-0.05, 0) is 12.5 Å². The largest absolute Gasteiger partial charge is 0.453 e.